The Labute approximate surface area is 184 Å². The summed E-state index contributed by atoms with van der Waals surface area (Å²) >= 11 is 0. The molecule has 0 aliphatic rings. The second kappa shape index (κ2) is 18.3. The highest BCUT2D eigenvalue weighted by atomic mass is 17.2. The zero-order valence-electron chi connectivity index (χ0n) is 18.3. The van der Waals surface area contributed by atoms with Crippen molar-refractivity contribution in [2.24, 2.45) is 5.73 Å². The Kier molecular flexibility index (Phi) is 15.7. The number of carbonyl (C=O) groups excluding carboxylic acids is 2. The van der Waals surface area contributed by atoms with Gasteiger partial charge in [-0.05, 0) is 36.4 Å². The van der Waals surface area contributed by atoms with E-state index in [1.54, 1.807) is 18.2 Å². The molecule has 0 bridgehead atoms. The van der Waals surface area contributed by atoms with Crippen molar-refractivity contribution >= 4 is 17.9 Å². The topological polar surface area (TPSA) is 121 Å². The van der Waals surface area contributed by atoms with E-state index in [0.29, 0.717) is 64.7 Å². The number of unbranched alkanes of at least 4 members (excludes halogenated alkanes) is 1. The fraction of sp³-hybridized carbons (Fsp3) is 0.545. The van der Waals surface area contributed by atoms with Gasteiger partial charge in [0.05, 0.1) is 33.0 Å². The predicted molar refractivity (Wildman–Crippen MR) is 118 cm³/mol. The highest BCUT2D eigenvalue weighted by Gasteiger charge is 2.04. The maximum Gasteiger partial charge on any atom is 0.251 e. The van der Waals surface area contributed by atoms with Crippen LogP contribution in [0.3, 0.4) is 0 Å². The molecule has 0 saturated heterocycles. The van der Waals surface area contributed by atoms with E-state index in [9.17, 15) is 9.59 Å². The molecule has 0 spiro atoms. The summed E-state index contributed by atoms with van der Waals surface area (Å²) in [5, 5.41) is 5.54. The monoisotopic (exact) mass is 437 g/mol. The van der Waals surface area contributed by atoms with E-state index in [1.165, 1.54) is 6.20 Å². The molecule has 0 fully saturated rings. The first kappa shape index (κ1) is 26.6. The van der Waals surface area contributed by atoms with Crippen LogP contribution in [0.2, 0.25) is 0 Å². The number of hydrogen-bond donors (Lipinski definition) is 3. The van der Waals surface area contributed by atoms with E-state index in [0.717, 1.165) is 18.4 Å². The van der Waals surface area contributed by atoms with Gasteiger partial charge in [0.2, 0.25) is 5.91 Å². The summed E-state index contributed by atoms with van der Waals surface area (Å²) in [5.41, 5.74) is 6.85. The third-order valence-electron chi connectivity index (χ3n) is 4.02. The molecule has 0 saturated carbocycles. The average Bonchev–Trinajstić information content (AvgIpc) is 2.78. The molecule has 0 aliphatic heterocycles. The Morgan fingerprint density at radius 2 is 1.55 bits per heavy atom. The Bertz CT molecular complexity index is 637. The Morgan fingerprint density at radius 1 is 0.903 bits per heavy atom. The van der Waals surface area contributed by atoms with Crippen LogP contribution in [0.25, 0.3) is 6.08 Å². The first-order valence-electron chi connectivity index (χ1n) is 10.6. The molecule has 1 rings (SSSR count). The van der Waals surface area contributed by atoms with Crippen molar-refractivity contribution in [3.63, 3.8) is 0 Å². The zero-order valence-corrected chi connectivity index (χ0v) is 18.3. The lowest BCUT2D eigenvalue weighted by atomic mass is 10.1. The van der Waals surface area contributed by atoms with Gasteiger partial charge in [-0.1, -0.05) is 25.5 Å². The Hall–Kier alpha value is -2.46. The third-order valence-corrected chi connectivity index (χ3v) is 4.02. The molecule has 0 heterocycles. The van der Waals surface area contributed by atoms with E-state index < -0.39 is 0 Å². The molecule has 0 atom stereocenters. The largest absolute Gasteiger partial charge is 0.405 e. The van der Waals surface area contributed by atoms with Gasteiger partial charge in [0.1, 0.15) is 6.61 Å². The number of benzene rings is 1. The molecule has 0 aromatic heterocycles. The quantitative estimate of drug-likeness (QED) is 0.181. The number of hydrogen-bond acceptors (Lipinski definition) is 7. The number of amides is 2. The highest BCUT2D eigenvalue weighted by Crippen LogP contribution is 2.05. The minimum absolute atomic E-state index is 0.0305. The van der Waals surface area contributed by atoms with Crippen LogP contribution in [0.1, 0.15) is 42.1 Å². The van der Waals surface area contributed by atoms with E-state index >= 15 is 0 Å². The standard InChI is InChI=1S/C22H35N3O6/c1-2-3-4-21(26)24-12-14-30-31-18-17-29-16-15-28-13-11-25-22(27)20-7-5-19(6-8-20)9-10-23/h5-10H,2-4,11-18,23H2,1H3,(H,24,26)(H,25,27)/b10-9+. The molecule has 9 nitrogen and oxygen atoms in total. The fourth-order valence-corrected chi connectivity index (χ4v) is 2.39. The van der Waals surface area contributed by atoms with Crippen molar-refractivity contribution in [1.29, 1.82) is 0 Å². The molecule has 4 N–H and O–H groups in total. The van der Waals surface area contributed by atoms with Crippen LogP contribution in [0.15, 0.2) is 30.5 Å². The Morgan fingerprint density at radius 3 is 2.26 bits per heavy atom. The summed E-state index contributed by atoms with van der Waals surface area (Å²) in [4.78, 5) is 33.3. The molecule has 2 amide bonds. The Balaban J connectivity index is 1.87. The second-order valence-corrected chi connectivity index (χ2v) is 6.56. The smallest absolute Gasteiger partial charge is 0.251 e. The van der Waals surface area contributed by atoms with Gasteiger partial charge in [-0.2, -0.15) is 0 Å². The van der Waals surface area contributed by atoms with Crippen LogP contribution in [0, 0.1) is 0 Å². The van der Waals surface area contributed by atoms with E-state index in [2.05, 4.69) is 10.6 Å². The molecule has 1 aromatic rings. The van der Waals surface area contributed by atoms with Gasteiger partial charge < -0.3 is 25.8 Å². The molecule has 31 heavy (non-hydrogen) atoms. The van der Waals surface area contributed by atoms with Crippen LogP contribution >= 0.6 is 0 Å². The van der Waals surface area contributed by atoms with Crippen molar-refractivity contribution in [3.05, 3.63) is 41.6 Å². The number of rotatable bonds is 18. The van der Waals surface area contributed by atoms with Gasteiger partial charge in [-0.3, -0.25) is 9.59 Å². The van der Waals surface area contributed by atoms with Gasteiger partial charge in [-0.15, -0.1) is 0 Å². The SMILES string of the molecule is CCCCC(=O)NCCOOCCOCCOCCNC(=O)c1ccc(/C=C/N)cc1. The van der Waals surface area contributed by atoms with Crippen LogP contribution in [0.5, 0.6) is 0 Å². The van der Waals surface area contributed by atoms with Crippen molar-refractivity contribution in [1.82, 2.24) is 10.6 Å². The predicted octanol–water partition coefficient (Wildman–Crippen LogP) is 1.63. The first-order chi connectivity index (χ1) is 15.2. The number of ether oxygens (including phenoxy) is 2. The number of carbonyl (C=O) groups is 2. The summed E-state index contributed by atoms with van der Waals surface area (Å²) in [6.45, 7) is 5.07. The lowest BCUT2D eigenvalue weighted by Gasteiger charge is -2.08. The number of nitrogens with one attached hydrogen (secondary N) is 2. The molecule has 9 heteroatoms. The van der Waals surface area contributed by atoms with E-state index in [1.807, 2.05) is 19.1 Å². The highest BCUT2D eigenvalue weighted by molar-refractivity contribution is 5.94. The molecular formula is C22H35N3O6. The maximum atomic E-state index is 12.0. The molecule has 0 aliphatic carbocycles. The van der Waals surface area contributed by atoms with Crippen molar-refractivity contribution in [3.8, 4) is 0 Å². The fourth-order valence-electron chi connectivity index (χ4n) is 2.39. The minimum Gasteiger partial charge on any atom is -0.405 e. The van der Waals surface area contributed by atoms with E-state index in [4.69, 9.17) is 25.0 Å². The van der Waals surface area contributed by atoms with Crippen LogP contribution in [-0.2, 0) is 24.0 Å². The number of nitrogens with two attached hydrogens (primary N) is 1. The van der Waals surface area contributed by atoms with Crippen LogP contribution < -0.4 is 16.4 Å². The normalized spacial score (nSPS) is 11.0. The van der Waals surface area contributed by atoms with Gasteiger partial charge in [-0.25, -0.2) is 9.78 Å². The first-order valence-corrected chi connectivity index (χ1v) is 10.6. The molecule has 0 radical (unpaired) electrons. The van der Waals surface area contributed by atoms with Crippen molar-refractivity contribution < 1.29 is 28.8 Å². The molecule has 0 unspecified atom stereocenters. The van der Waals surface area contributed by atoms with Crippen molar-refractivity contribution in [2.75, 3.05) is 52.7 Å². The van der Waals surface area contributed by atoms with Gasteiger partial charge in [0.15, 0.2) is 0 Å². The summed E-state index contributed by atoms with van der Waals surface area (Å²) in [6, 6.07) is 7.14. The molecular weight excluding hydrogens is 402 g/mol. The lowest BCUT2D eigenvalue weighted by molar-refractivity contribution is -0.297. The summed E-state index contributed by atoms with van der Waals surface area (Å²) in [7, 11) is 0. The average molecular weight is 438 g/mol. The second-order valence-electron chi connectivity index (χ2n) is 6.56. The van der Waals surface area contributed by atoms with Gasteiger partial charge >= 0.3 is 0 Å². The minimum atomic E-state index is -0.152. The summed E-state index contributed by atoms with van der Waals surface area (Å²) in [6.07, 6.45) is 5.64. The molecule has 1 aromatic carbocycles. The summed E-state index contributed by atoms with van der Waals surface area (Å²) < 4.78 is 10.8. The van der Waals surface area contributed by atoms with Crippen LogP contribution in [0.4, 0.5) is 0 Å². The van der Waals surface area contributed by atoms with E-state index in [-0.39, 0.29) is 11.8 Å². The van der Waals surface area contributed by atoms with Gasteiger partial charge in [0.25, 0.3) is 5.91 Å². The maximum absolute atomic E-state index is 12.0. The third kappa shape index (κ3) is 14.2. The zero-order chi connectivity index (χ0) is 22.6. The van der Waals surface area contributed by atoms with Gasteiger partial charge in [0, 0.05) is 25.1 Å². The van der Waals surface area contributed by atoms with Crippen molar-refractivity contribution in [2.45, 2.75) is 26.2 Å². The lowest BCUT2D eigenvalue weighted by Crippen LogP contribution is -2.27. The summed E-state index contributed by atoms with van der Waals surface area (Å²) in [5.74, 6) is -0.121. The van der Waals surface area contributed by atoms with Crippen LogP contribution in [-0.4, -0.2) is 64.5 Å². The molecule has 174 valence electrons.